The number of hydrogen-bond acceptors (Lipinski definition) is 4. The Morgan fingerprint density at radius 2 is 1.65 bits per heavy atom. The molecule has 0 saturated heterocycles. The highest BCUT2D eigenvalue weighted by Gasteiger charge is 2.72. The van der Waals surface area contributed by atoms with Gasteiger partial charge >= 0.3 is 0 Å². The van der Waals surface area contributed by atoms with E-state index >= 15 is 0 Å². The quantitative estimate of drug-likeness (QED) is 0.582. The highest BCUT2D eigenvalue weighted by Crippen LogP contribution is 2.67. The first-order chi connectivity index (χ1) is 14.8. The summed E-state index contributed by atoms with van der Waals surface area (Å²) < 4.78 is 11.2. The second-order valence-electron chi connectivity index (χ2n) is 8.73. The molecule has 2 N–H and O–H groups in total. The van der Waals surface area contributed by atoms with Gasteiger partial charge in [0.25, 0.3) is 5.91 Å². The van der Waals surface area contributed by atoms with Gasteiger partial charge in [-0.05, 0) is 80.6 Å². The van der Waals surface area contributed by atoms with Crippen molar-refractivity contribution >= 4 is 23.4 Å². The number of carbonyl (C=O) groups excluding carboxylic acids is 2. The van der Waals surface area contributed by atoms with Crippen molar-refractivity contribution in [1.29, 1.82) is 0 Å². The third-order valence-corrected chi connectivity index (χ3v) is 6.49. The predicted octanol–water partition coefficient (Wildman–Crippen LogP) is 3.57. The summed E-state index contributed by atoms with van der Waals surface area (Å²) in [7, 11) is 0. The molecule has 5 rings (SSSR count). The van der Waals surface area contributed by atoms with Gasteiger partial charge in [0.1, 0.15) is 18.1 Å². The van der Waals surface area contributed by atoms with E-state index in [1.165, 1.54) is 11.1 Å². The number of ether oxygens (including phenoxy) is 2. The monoisotopic (exact) mass is 442 g/mol. The molecule has 7 heteroatoms. The van der Waals surface area contributed by atoms with Crippen LogP contribution in [0, 0.1) is 19.3 Å². The molecule has 2 aromatic rings. The number of carbonyl (C=O) groups is 2. The molecule has 3 aliphatic carbocycles. The van der Waals surface area contributed by atoms with Crippen molar-refractivity contribution < 1.29 is 19.1 Å². The van der Waals surface area contributed by atoms with E-state index in [2.05, 4.69) is 17.6 Å². The fourth-order valence-corrected chi connectivity index (χ4v) is 4.62. The molecule has 31 heavy (non-hydrogen) atoms. The Morgan fingerprint density at radius 1 is 0.968 bits per heavy atom. The van der Waals surface area contributed by atoms with Crippen LogP contribution in [0.25, 0.3) is 0 Å². The fourth-order valence-electron chi connectivity index (χ4n) is 4.50. The number of halogens is 1. The maximum Gasteiger partial charge on any atom is 0.258 e. The largest absolute Gasteiger partial charge is 0.492 e. The van der Waals surface area contributed by atoms with E-state index in [0.717, 1.165) is 5.75 Å². The average Bonchev–Trinajstić information content (AvgIpc) is 2.69. The molecular weight excluding hydrogens is 416 g/mol. The van der Waals surface area contributed by atoms with E-state index in [-0.39, 0.29) is 29.4 Å². The van der Waals surface area contributed by atoms with E-state index in [0.29, 0.717) is 43.2 Å². The summed E-state index contributed by atoms with van der Waals surface area (Å²) in [4.78, 5) is 24.7. The van der Waals surface area contributed by atoms with Gasteiger partial charge in [-0.3, -0.25) is 9.59 Å². The van der Waals surface area contributed by atoms with Crippen molar-refractivity contribution in [3.63, 3.8) is 0 Å². The maximum atomic E-state index is 12.5. The normalized spacial score (nSPS) is 23.2. The van der Waals surface area contributed by atoms with E-state index in [1.54, 1.807) is 24.3 Å². The van der Waals surface area contributed by atoms with Gasteiger partial charge in [-0.25, -0.2) is 0 Å². The first kappa shape index (κ1) is 21.5. The zero-order chi connectivity index (χ0) is 22.1. The Morgan fingerprint density at radius 3 is 2.32 bits per heavy atom. The van der Waals surface area contributed by atoms with Gasteiger partial charge in [-0.2, -0.15) is 0 Å². The number of amides is 2. The third-order valence-electron chi connectivity index (χ3n) is 6.23. The molecule has 0 radical (unpaired) electrons. The number of nitrogens with one attached hydrogen (secondary N) is 2. The third kappa shape index (κ3) is 4.64. The highest BCUT2D eigenvalue weighted by molar-refractivity contribution is 6.30. The van der Waals surface area contributed by atoms with Crippen molar-refractivity contribution in [2.45, 2.75) is 38.6 Å². The van der Waals surface area contributed by atoms with E-state index in [1.807, 2.05) is 25.1 Å². The Bertz CT molecular complexity index is 970. The molecule has 0 spiro atoms. The fraction of sp³-hybridized carbons (Fsp3) is 0.417. The second kappa shape index (κ2) is 8.42. The molecule has 0 heterocycles. The number of benzene rings is 2. The summed E-state index contributed by atoms with van der Waals surface area (Å²) in [5, 5.41) is 6.61. The van der Waals surface area contributed by atoms with Gasteiger partial charge in [-0.15, -0.1) is 0 Å². The van der Waals surface area contributed by atoms with Gasteiger partial charge in [0.05, 0.1) is 12.0 Å². The summed E-state index contributed by atoms with van der Waals surface area (Å²) in [6.07, 6.45) is 2.03. The molecule has 0 aromatic heterocycles. The minimum Gasteiger partial charge on any atom is -0.492 e. The summed E-state index contributed by atoms with van der Waals surface area (Å²) in [5.74, 6) is 1.27. The second-order valence-corrected chi connectivity index (χ2v) is 9.17. The molecule has 164 valence electrons. The standard InChI is InChI=1S/C24H27ClN2O4/c1-16-3-6-20(11-17(16)2)30-10-9-26-22(29)23-13-24(14-23,15-23)27-21(28)12-31-19-7-4-18(25)5-8-19/h3-8,11H,9-10,12-15H2,1-2H3,(H,26,29)(H,27,28). The van der Waals surface area contributed by atoms with E-state index in [4.69, 9.17) is 21.1 Å². The summed E-state index contributed by atoms with van der Waals surface area (Å²) in [6, 6.07) is 12.8. The minimum atomic E-state index is -0.342. The van der Waals surface area contributed by atoms with Crippen LogP contribution in [0.1, 0.15) is 30.4 Å². The minimum absolute atomic E-state index is 0.0460. The summed E-state index contributed by atoms with van der Waals surface area (Å²) in [5.41, 5.74) is 1.81. The molecule has 3 saturated carbocycles. The van der Waals surface area contributed by atoms with Crippen LogP contribution in [0.2, 0.25) is 5.02 Å². The van der Waals surface area contributed by atoms with Gasteiger partial charge in [0.15, 0.2) is 6.61 Å². The molecule has 2 aromatic carbocycles. The van der Waals surface area contributed by atoms with Crippen molar-refractivity contribution in [2.75, 3.05) is 19.8 Å². The lowest BCUT2D eigenvalue weighted by molar-refractivity contribution is -0.184. The van der Waals surface area contributed by atoms with Crippen LogP contribution in [-0.2, 0) is 9.59 Å². The van der Waals surface area contributed by atoms with Crippen molar-refractivity contribution in [3.05, 3.63) is 58.6 Å². The lowest BCUT2D eigenvalue weighted by Crippen LogP contribution is -2.78. The van der Waals surface area contributed by atoms with Crippen molar-refractivity contribution in [3.8, 4) is 11.5 Å². The highest BCUT2D eigenvalue weighted by atomic mass is 35.5. The molecule has 0 unspecified atom stereocenters. The van der Waals surface area contributed by atoms with Gasteiger partial charge in [0.2, 0.25) is 5.91 Å². The van der Waals surface area contributed by atoms with Gasteiger partial charge in [0, 0.05) is 10.6 Å². The first-order valence-corrected chi connectivity index (χ1v) is 10.8. The smallest absolute Gasteiger partial charge is 0.258 e. The molecule has 3 fully saturated rings. The zero-order valence-corrected chi connectivity index (χ0v) is 18.6. The number of rotatable bonds is 9. The molecule has 3 aliphatic rings. The molecule has 0 aliphatic heterocycles. The maximum absolute atomic E-state index is 12.5. The van der Waals surface area contributed by atoms with E-state index in [9.17, 15) is 9.59 Å². The lowest BCUT2D eigenvalue weighted by Gasteiger charge is -2.69. The van der Waals surface area contributed by atoms with Crippen LogP contribution in [0.5, 0.6) is 11.5 Å². The van der Waals surface area contributed by atoms with Crippen LogP contribution in [0.3, 0.4) is 0 Å². The Labute approximate surface area is 187 Å². The predicted molar refractivity (Wildman–Crippen MR) is 119 cm³/mol. The van der Waals surface area contributed by atoms with Gasteiger partial charge < -0.3 is 20.1 Å². The van der Waals surface area contributed by atoms with Crippen LogP contribution in [0.15, 0.2) is 42.5 Å². The molecule has 2 bridgehead atoms. The van der Waals surface area contributed by atoms with Crippen LogP contribution < -0.4 is 20.1 Å². The van der Waals surface area contributed by atoms with Crippen molar-refractivity contribution in [2.24, 2.45) is 5.41 Å². The summed E-state index contributed by atoms with van der Waals surface area (Å²) >= 11 is 5.84. The zero-order valence-electron chi connectivity index (χ0n) is 17.8. The van der Waals surface area contributed by atoms with Gasteiger partial charge in [-0.1, -0.05) is 17.7 Å². The molecular formula is C24H27ClN2O4. The molecule has 6 nitrogen and oxygen atoms in total. The SMILES string of the molecule is Cc1ccc(OCCNC(=O)C23CC(NC(=O)COc4ccc(Cl)cc4)(C2)C3)cc1C. The lowest BCUT2D eigenvalue weighted by atomic mass is 9.39. The van der Waals surface area contributed by atoms with E-state index < -0.39 is 0 Å². The van der Waals surface area contributed by atoms with Crippen molar-refractivity contribution in [1.82, 2.24) is 10.6 Å². The van der Waals surface area contributed by atoms with Crippen LogP contribution >= 0.6 is 11.6 Å². The Kier molecular flexibility index (Phi) is 5.84. The number of hydrogen-bond donors (Lipinski definition) is 2. The first-order valence-electron chi connectivity index (χ1n) is 10.5. The Balaban J connectivity index is 1.14. The topological polar surface area (TPSA) is 76.7 Å². The van der Waals surface area contributed by atoms with Crippen LogP contribution in [-0.4, -0.2) is 37.1 Å². The number of aryl methyl sites for hydroxylation is 2. The Hall–Kier alpha value is -2.73. The van der Waals surface area contributed by atoms with Crippen LogP contribution in [0.4, 0.5) is 0 Å². The summed E-state index contributed by atoms with van der Waals surface area (Å²) in [6.45, 7) is 4.94. The molecule has 0 atom stereocenters. The average molecular weight is 443 g/mol. The molecule has 2 amide bonds.